The highest BCUT2D eigenvalue weighted by Gasteiger charge is 2.41. The van der Waals surface area contributed by atoms with E-state index in [1.54, 1.807) is 13.8 Å². The number of rotatable bonds is 7. The average molecular weight is 252 g/mol. The van der Waals surface area contributed by atoms with Gasteiger partial charge in [-0.15, -0.1) is 0 Å². The second-order valence-electron chi connectivity index (χ2n) is 5.24. The minimum Gasteiger partial charge on any atom is -0.490 e. The van der Waals surface area contributed by atoms with Crippen LogP contribution in [-0.4, -0.2) is 29.5 Å². The Balaban J connectivity index is 2.68. The molecule has 102 valence electrons. The van der Waals surface area contributed by atoms with E-state index in [4.69, 9.17) is 9.47 Å². The zero-order valence-electron chi connectivity index (χ0n) is 11.8. The van der Waals surface area contributed by atoms with Gasteiger partial charge in [0.15, 0.2) is 0 Å². The normalized spacial score (nSPS) is 15.2. The maximum Gasteiger partial charge on any atom is 0.127 e. The van der Waals surface area contributed by atoms with Crippen molar-refractivity contribution in [1.82, 2.24) is 0 Å². The van der Waals surface area contributed by atoms with Crippen LogP contribution < -0.4 is 4.74 Å². The molecule has 18 heavy (non-hydrogen) atoms. The van der Waals surface area contributed by atoms with E-state index < -0.39 is 11.2 Å². The molecule has 3 heteroatoms. The average Bonchev–Trinajstić information content (AvgIpc) is 2.34. The Kier molecular flexibility index (Phi) is 5.17. The van der Waals surface area contributed by atoms with Crippen molar-refractivity contribution in [3.05, 3.63) is 30.3 Å². The molecule has 0 aromatic heterocycles. The largest absolute Gasteiger partial charge is 0.490 e. The lowest BCUT2D eigenvalue weighted by atomic mass is 9.88. The minimum atomic E-state index is -0.961. The summed E-state index contributed by atoms with van der Waals surface area (Å²) in [6.07, 6.45) is 0.914. The number of para-hydroxylation sites is 1. The molecule has 1 aromatic rings. The minimum absolute atomic E-state index is 0.320. The molecule has 1 atom stereocenters. The third-order valence-corrected chi connectivity index (χ3v) is 3.18. The molecule has 1 unspecified atom stereocenters. The summed E-state index contributed by atoms with van der Waals surface area (Å²) in [5.74, 6) is 0.785. The zero-order chi connectivity index (χ0) is 13.6. The second kappa shape index (κ2) is 6.21. The molecule has 0 aliphatic rings. The van der Waals surface area contributed by atoms with E-state index in [-0.39, 0.29) is 0 Å². The first-order valence-corrected chi connectivity index (χ1v) is 6.43. The van der Waals surface area contributed by atoms with E-state index in [2.05, 4.69) is 0 Å². The molecular weight excluding hydrogens is 228 g/mol. The standard InChI is InChI=1S/C15H24O3/c1-5-11-18-15(4,14(2,3)16)12-17-13-9-7-6-8-10-13/h6-10,16H,5,11-12H2,1-4H3. The molecule has 0 amide bonds. The molecule has 1 aromatic carbocycles. The highest BCUT2D eigenvalue weighted by molar-refractivity contribution is 5.21. The Labute approximate surface area is 110 Å². The molecule has 0 fully saturated rings. The summed E-state index contributed by atoms with van der Waals surface area (Å²) in [4.78, 5) is 0. The molecule has 0 bridgehead atoms. The van der Waals surface area contributed by atoms with E-state index in [1.807, 2.05) is 44.2 Å². The van der Waals surface area contributed by atoms with E-state index in [0.717, 1.165) is 12.2 Å². The van der Waals surface area contributed by atoms with Crippen molar-refractivity contribution in [3.63, 3.8) is 0 Å². The van der Waals surface area contributed by atoms with Gasteiger partial charge in [-0.1, -0.05) is 25.1 Å². The van der Waals surface area contributed by atoms with Crippen LogP contribution >= 0.6 is 0 Å². The lowest BCUT2D eigenvalue weighted by Crippen LogP contribution is -2.54. The van der Waals surface area contributed by atoms with Crippen LogP contribution in [0.4, 0.5) is 0 Å². The fraction of sp³-hybridized carbons (Fsp3) is 0.600. The number of aliphatic hydroxyl groups is 1. The second-order valence-corrected chi connectivity index (χ2v) is 5.24. The summed E-state index contributed by atoms with van der Waals surface area (Å²) in [5.41, 5.74) is -1.68. The first-order chi connectivity index (χ1) is 8.39. The van der Waals surface area contributed by atoms with Gasteiger partial charge in [-0.2, -0.15) is 0 Å². The Bertz CT molecular complexity index is 343. The van der Waals surface area contributed by atoms with Crippen molar-refractivity contribution in [2.75, 3.05) is 13.2 Å². The number of hydrogen-bond donors (Lipinski definition) is 1. The van der Waals surface area contributed by atoms with Gasteiger partial charge >= 0.3 is 0 Å². The van der Waals surface area contributed by atoms with Crippen LogP contribution in [0.5, 0.6) is 5.75 Å². The SMILES string of the molecule is CCCOC(C)(COc1ccccc1)C(C)(C)O. The van der Waals surface area contributed by atoms with Gasteiger partial charge in [0.1, 0.15) is 18.0 Å². The number of benzene rings is 1. The molecular formula is C15H24O3. The Morgan fingerprint density at radius 2 is 1.72 bits per heavy atom. The molecule has 0 radical (unpaired) electrons. The summed E-state index contributed by atoms with van der Waals surface area (Å²) >= 11 is 0. The van der Waals surface area contributed by atoms with Crippen molar-refractivity contribution >= 4 is 0 Å². The van der Waals surface area contributed by atoms with Crippen molar-refractivity contribution in [1.29, 1.82) is 0 Å². The highest BCUT2D eigenvalue weighted by atomic mass is 16.6. The van der Waals surface area contributed by atoms with Crippen LogP contribution in [0.1, 0.15) is 34.1 Å². The van der Waals surface area contributed by atoms with E-state index in [9.17, 15) is 5.11 Å². The van der Waals surface area contributed by atoms with E-state index >= 15 is 0 Å². The first kappa shape index (κ1) is 15.0. The quantitative estimate of drug-likeness (QED) is 0.810. The monoisotopic (exact) mass is 252 g/mol. The van der Waals surface area contributed by atoms with Crippen LogP contribution in [0.15, 0.2) is 30.3 Å². The zero-order valence-corrected chi connectivity index (χ0v) is 11.8. The van der Waals surface area contributed by atoms with Gasteiger partial charge in [0.25, 0.3) is 0 Å². The van der Waals surface area contributed by atoms with Crippen LogP contribution in [0.2, 0.25) is 0 Å². The van der Waals surface area contributed by atoms with Crippen molar-refractivity contribution < 1.29 is 14.6 Å². The summed E-state index contributed by atoms with van der Waals surface area (Å²) in [5, 5.41) is 10.2. The van der Waals surface area contributed by atoms with Gasteiger partial charge in [0, 0.05) is 6.61 Å². The smallest absolute Gasteiger partial charge is 0.127 e. The topological polar surface area (TPSA) is 38.7 Å². The molecule has 1 rings (SSSR count). The van der Waals surface area contributed by atoms with Gasteiger partial charge in [0.2, 0.25) is 0 Å². The van der Waals surface area contributed by atoms with Crippen molar-refractivity contribution in [3.8, 4) is 5.75 Å². The molecule has 0 saturated carbocycles. The molecule has 0 aliphatic heterocycles. The molecule has 0 saturated heterocycles. The fourth-order valence-electron chi connectivity index (χ4n) is 1.46. The fourth-order valence-corrected chi connectivity index (χ4v) is 1.46. The molecule has 0 aliphatic carbocycles. The number of ether oxygens (including phenoxy) is 2. The van der Waals surface area contributed by atoms with Crippen LogP contribution in [0.25, 0.3) is 0 Å². The maximum absolute atomic E-state index is 10.2. The number of hydrogen-bond acceptors (Lipinski definition) is 3. The Hall–Kier alpha value is -1.06. The molecule has 0 spiro atoms. The highest BCUT2D eigenvalue weighted by Crippen LogP contribution is 2.27. The van der Waals surface area contributed by atoms with Gasteiger partial charge in [-0.3, -0.25) is 0 Å². The van der Waals surface area contributed by atoms with Crippen LogP contribution in [-0.2, 0) is 4.74 Å². The Morgan fingerprint density at radius 3 is 2.22 bits per heavy atom. The molecule has 0 heterocycles. The maximum atomic E-state index is 10.2. The first-order valence-electron chi connectivity index (χ1n) is 6.43. The predicted molar refractivity (Wildman–Crippen MR) is 72.9 cm³/mol. The lowest BCUT2D eigenvalue weighted by Gasteiger charge is -2.39. The van der Waals surface area contributed by atoms with Crippen molar-refractivity contribution in [2.45, 2.75) is 45.3 Å². The van der Waals surface area contributed by atoms with Crippen molar-refractivity contribution in [2.24, 2.45) is 0 Å². The third-order valence-electron chi connectivity index (χ3n) is 3.18. The third kappa shape index (κ3) is 4.00. The summed E-state index contributed by atoms with van der Waals surface area (Å²) < 4.78 is 11.5. The van der Waals surface area contributed by atoms with E-state index in [0.29, 0.717) is 13.2 Å². The van der Waals surface area contributed by atoms with Gasteiger partial charge in [0.05, 0.1) is 5.60 Å². The van der Waals surface area contributed by atoms with Crippen LogP contribution in [0.3, 0.4) is 0 Å². The summed E-state index contributed by atoms with van der Waals surface area (Å²) in [6, 6.07) is 9.57. The molecule has 3 nitrogen and oxygen atoms in total. The Morgan fingerprint density at radius 1 is 1.11 bits per heavy atom. The summed E-state index contributed by atoms with van der Waals surface area (Å²) in [6.45, 7) is 8.35. The van der Waals surface area contributed by atoms with E-state index in [1.165, 1.54) is 0 Å². The summed E-state index contributed by atoms with van der Waals surface area (Å²) in [7, 11) is 0. The molecule has 1 N–H and O–H groups in total. The van der Waals surface area contributed by atoms with Gasteiger partial charge < -0.3 is 14.6 Å². The predicted octanol–water partition coefficient (Wildman–Crippen LogP) is 3.02. The lowest BCUT2D eigenvalue weighted by molar-refractivity contribution is -0.173. The van der Waals surface area contributed by atoms with Gasteiger partial charge in [-0.25, -0.2) is 0 Å². The van der Waals surface area contributed by atoms with Gasteiger partial charge in [-0.05, 0) is 39.3 Å². The van der Waals surface area contributed by atoms with Crippen LogP contribution in [0, 0.1) is 0 Å².